The molecule has 6 rings (SSSR count). The molecule has 1 N–H and O–H groups in total. The summed E-state index contributed by atoms with van der Waals surface area (Å²) in [5.41, 5.74) is 4.78. The van der Waals surface area contributed by atoms with Gasteiger partial charge in [0.1, 0.15) is 0 Å². The first-order valence-electron chi connectivity index (χ1n) is 10.2. The molecule has 9 heteroatoms. The fraction of sp³-hybridized carbons (Fsp3) is 0.227. The highest BCUT2D eigenvalue weighted by Gasteiger charge is 2.17. The van der Waals surface area contributed by atoms with Crippen LogP contribution in [0.1, 0.15) is 5.69 Å². The molecule has 1 saturated heterocycles. The zero-order valence-electron chi connectivity index (χ0n) is 16.9. The van der Waals surface area contributed by atoms with Gasteiger partial charge >= 0.3 is 0 Å². The molecule has 5 heterocycles. The smallest absolute Gasteiger partial charge is 0.217 e. The monoisotopic (exact) mass is 428 g/mol. The molecule has 0 spiro atoms. The third kappa shape index (κ3) is 3.55. The minimum absolute atomic E-state index is 0.675. The Labute approximate surface area is 182 Å². The van der Waals surface area contributed by atoms with Crippen molar-refractivity contribution in [2.75, 3.05) is 13.1 Å². The zero-order valence-corrected chi connectivity index (χ0v) is 17.8. The van der Waals surface area contributed by atoms with Crippen LogP contribution in [-0.4, -0.2) is 47.7 Å². The number of aryl methyl sites for hydroxylation is 1. The first-order valence-corrected chi connectivity index (χ1v) is 11.0. The normalized spacial score (nSPS) is 14.4. The second kappa shape index (κ2) is 7.44. The number of nitrogens with one attached hydrogen (secondary N) is 1. The van der Waals surface area contributed by atoms with E-state index in [1.807, 2.05) is 42.2 Å². The Balaban J connectivity index is 1.30. The van der Waals surface area contributed by atoms with E-state index >= 15 is 0 Å². The van der Waals surface area contributed by atoms with Gasteiger partial charge in [-0.3, -0.25) is 9.67 Å². The zero-order chi connectivity index (χ0) is 20.8. The number of benzene rings is 1. The average Bonchev–Trinajstić information content (AvgIpc) is 3.37. The molecule has 1 aliphatic rings. The molecule has 5 aromatic rings. The summed E-state index contributed by atoms with van der Waals surface area (Å²) in [6.07, 6.45) is 5.94. The van der Waals surface area contributed by atoms with E-state index in [0.717, 1.165) is 63.1 Å². The maximum Gasteiger partial charge on any atom is 0.217 e. The van der Waals surface area contributed by atoms with Gasteiger partial charge in [0.05, 0.1) is 17.4 Å². The first-order chi connectivity index (χ1) is 15.2. The van der Waals surface area contributed by atoms with Crippen molar-refractivity contribution in [1.29, 1.82) is 0 Å². The van der Waals surface area contributed by atoms with Crippen molar-refractivity contribution in [1.82, 2.24) is 39.9 Å². The van der Waals surface area contributed by atoms with Gasteiger partial charge in [-0.05, 0) is 55.1 Å². The van der Waals surface area contributed by atoms with Crippen LogP contribution >= 0.6 is 11.8 Å². The van der Waals surface area contributed by atoms with Gasteiger partial charge in [-0.2, -0.15) is 14.7 Å². The van der Waals surface area contributed by atoms with Crippen molar-refractivity contribution in [2.45, 2.75) is 23.5 Å². The van der Waals surface area contributed by atoms with Crippen LogP contribution in [0.5, 0.6) is 0 Å². The molecular weight excluding hydrogens is 408 g/mol. The highest BCUT2D eigenvalue weighted by molar-refractivity contribution is 7.99. The Morgan fingerprint density at radius 1 is 1.06 bits per heavy atom. The summed E-state index contributed by atoms with van der Waals surface area (Å²) in [6, 6.07) is 12.3. The van der Waals surface area contributed by atoms with Crippen LogP contribution in [0.3, 0.4) is 0 Å². The molecule has 1 fully saturated rings. The van der Waals surface area contributed by atoms with Gasteiger partial charge < -0.3 is 5.32 Å². The molecule has 0 amide bonds. The summed E-state index contributed by atoms with van der Waals surface area (Å²) in [6.45, 7) is 5.06. The lowest BCUT2D eigenvalue weighted by Crippen LogP contribution is -2.44. The lowest BCUT2D eigenvalue weighted by Gasteiger charge is -2.26. The molecule has 154 valence electrons. The summed E-state index contributed by atoms with van der Waals surface area (Å²) in [5.74, 6) is 0.675. The van der Waals surface area contributed by atoms with Gasteiger partial charge in [0.25, 0.3) is 0 Å². The Hall–Kier alpha value is -3.30. The number of nitrogens with zero attached hydrogens (tertiary/aromatic N) is 7. The quantitative estimate of drug-likeness (QED) is 0.460. The van der Waals surface area contributed by atoms with Gasteiger partial charge in [-0.25, -0.2) is 0 Å². The van der Waals surface area contributed by atoms with E-state index in [4.69, 9.17) is 0 Å². The standard InChI is InChI=1S/C22H20N8S/c1-14-2-5-21-26-27-22(30(21)28-14)31-19-3-4-20-16(7-19)6-17(10-24-20)18-11-25-29(13-18)12-15-8-23-9-15/h2-7,10-11,13,15,23H,8-9,12H2,1H3. The highest BCUT2D eigenvalue weighted by atomic mass is 32.2. The second-order valence-electron chi connectivity index (χ2n) is 7.88. The van der Waals surface area contributed by atoms with Gasteiger partial charge in [0, 0.05) is 59.4 Å². The van der Waals surface area contributed by atoms with Crippen molar-refractivity contribution >= 4 is 28.3 Å². The largest absolute Gasteiger partial charge is 0.316 e. The molecule has 1 aliphatic heterocycles. The van der Waals surface area contributed by atoms with E-state index in [-0.39, 0.29) is 0 Å². The first kappa shape index (κ1) is 18.5. The van der Waals surface area contributed by atoms with Crippen LogP contribution in [0.2, 0.25) is 0 Å². The highest BCUT2D eigenvalue weighted by Crippen LogP contribution is 2.30. The maximum atomic E-state index is 4.65. The molecule has 4 aromatic heterocycles. The third-order valence-corrected chi connectivity index (χ3v) is 6.43. The fourth-order valence-corrected chi connectivity index (χ4v) is 4.55. The summed E-state index contributed by atoms with van der Waals surface area (Å²) in [7, 11) is 0. The number of pyridine rings is 1. The maximum absolute atomic E-state index is 4.65. The van der Waals surface area contributed by atoms with Crippen LogP contribution < -0.4 is 5.32 Å². The summed E-state index contributed by atoms with van der Waals surface area (Å²) >= 11 is 1.55. The Bertz CT molecular complexity index is 1400. The molecule has 0 aliphatic carbocycles. The predicted molar refractivity (Wildman–Crippen MR) is 119 cm³/mol. The SMILES string of the molecule is Cc1ccc2nnc(Sc3ccc4ncc(-c5cnn(CC6CNC6)c5)cc4c3)n2n1. The number of aromatic nitrogens is 7. The van der Waals surface area contributed by atoms with E-state index in [1.165, 1.54) is 0 Å². The Morgan fingerprint density at radius 2 is 2.00 bits per heavy atom. The van der Waals surface area contributed by atoms with E-state index in [0.29, 0.717) is 5.92 Å². The Morgan fingerprint density at radius 3 is 2.87 bits per heavy atom. The summed E-state index contributed by atoms with van der Waals surface area (Å²) in [4.78, 5) is 5.72. The van der Waals surface area contributed by atoms with E-state index in [9.17, 15) is 0 Å². The average molecular weight is 429 g/mol. The lowest BCUT2D eigenvalue weighted by molar-refractivity contribution is 0.295. The van der Waals surface area contributed by atoms with Crippen molar-refractivity contribution < 1.29 is 0 Å². The Kier molecular flexibility index (Phi) is 4.43. The molecule has 0 saturated carbocycles. The lowest BCUT2D eigenvalue weighted by atomic mass is 10.0. The predicted octanol–water partition coefficient (Wildman–Crippen LogP) is 3.22. The van der Waals surface area contributed by atoms with Crippen molar-refractivity contribution in [3.63, 3.8) is 0 Å². The second-order valence-corrected chi connectivity index (χ2v) is 8.92. The number of hydrogen-bond acceptors (Lipinski definition) is 7. The van der Waals surface area contributed by atoms with E-state index < -0.39 is 0 Å². The number of fused-ring (bicyclic) bond motifs is 2. The van der Waals surface area contributed by atoms with Gasteiger partial charge in [-0.15, -0.1) is 10.2 Å². The molecule has 0 atom stereocenters. The van der Waals surface area contributed by atoms with Gasteiger partial charge in [-0.1, -0.05) is 0 Å². The third-order valence-electron chi connectivity index (χ3n) is 5.51. The van der Waals surface area contributed by atoms with Gasteiger partial charge in [0.15, 0.2) is 5.65 Å². The van der Waals surface area contributed by atoms with Crippen molar-refractivity contribution in [3.8, 4) is 11.1 Å². The molecule has 8 nitrogen and oxygen atoms in total. The summed E-state index contributed by atoms with van der Waals surface area (Å²) < 4.78 is 3.81. The van der Waals surface area contributed by atoms with Crippen LogP contribution in [0, 0.1) is 12.8 Å². The molecule has 0 bridgehead atoms. The van der Waals surface area contributed by atoms with Crippen LogP contribution in [0.25, 0.3) is 27.7 Å². The molecule has 31 heavy (non-hydrogen) atoms. The van der Waals surface area contributed by atoms with Gasteiger partial charge in [0.2, 0.25) is 5.16 Å². The van der Waals surface area contributed by atoms with Crippen molar-refractivity contribution in [2.24, 2.45) is 5.92 Å². The van der Waals surface area contributed by atoms with Crippen LogP contribution in [-0.2, 0) is 6.54 Å². The van der Waals surface area contributed by atoms with Crippen LogP contribution in [0.15, 0.2) is 65.0 Å². The minimum atomic E-state index is 0.675. The minimum Gasteiger partial charge on any atom is -0.316 e. The van der Waals surface area contributed by atoms with E-state index in [1.54, 1.807) is 16.3 Å². The molecule has 1 aromatic carbocycles. The number of rotatable bonds is 5. The molecular formula is C22H20N8S. The van der Waals surface area contributed by atoms with E-state index in [2.05, 4.69) is 55.1 Å². The summed E-state index contributed by atoms with van der Waals surface area (Å²) in [5, 5.41) is 22.7. The van der Waals surface area contributed by atoms with Crippen molar-refractivity contribution in [3.05, 3.63) is 60.7 Å². The molecule has 0 radical (unpaired) electrons. The number of hydrogen-bond donors (Lipinski definition) is 1. The fourth-order valence-electron chi connectivity index (χ4n) is 3.72. The molecule has 0 unspecified atom stereocenters. The topological polar surface area (TPSA) is 85.8 Å². The van der Waals surface area contributed by atoms with Crippen LogP contribution in [0.4, 0.5) is 0 Å².